The van der Waals surface area contributed by atoms with Crippen LogP contribution >= 0.6 is 15.6 Å². The molecule has 0 spiro atoms. The van der Waals surface area contributed by atoms with Crippen molar-refractivity contribution in [1.82, 2.24) is 0 Å². The number of rotatable bonds is 25. The second-order valence-corrected chi connectivity index (χ2v) is 20.6. The molecule has 2 aliphatic rings. The van der Waals surface area contributed by atoms with Gasteiger partial charge in [-0.05, 0) is 57.8 Å². The zero-order valence-corrected chi connectivity index (χ0v) is 41.8. The Kier molecular flexibility index (Phi) is 31.2. The Morgan fingerprint density at radius 3 is 2.12 bits per heavy atom. The average Bonchev–Trinajstić information content (AvgIpc) is 3.28. The second kappa shape index (κ2) is 34.2. The molecule has 0 radical (unpaired) electrons. The molecule has 2 rings (SSSR count). The van der Waals surface area contributed by atoms with Crippen molar-refractivity contribution in [2.75, 3.05) is 13.2 Å². The summed E-state index contributed by atoms with van der Waals surface area (Å²) in [5, 5.41) is 67.9. The van der Waals surface area contributed by atoms with Gasteiger partial charge in [-0.15, -0.1) is 0 Å². The molecule has 1 aliphatic carbocycles. The van der Waals surface area contributed by atoms with Crippen LogP contribution in [0.5, 0.6) is 0 Å². The van der Waals surface area contributed by atoms with Crippen molar-refractivity contribution in [3.05, 3.63) is 36.5 Å². The quantitative estimate of drug-likeness (QED) is 0.0216. The molecule has 0 aromatic rings. The van der Waals surface area contributed by atoms with Gasteiger partial charge in [0.15, 0.2) is 6.10 Å². The van der Waals surface area contributed by atoms with Crippen LogP contribution < -0.4 is 0 Å². The van der Waals surface area contributed by atoms with Crippen LogP contribution in [0.1, 0.15) is 162 Å². The molecule has 19 nitrogen and oxygen atoms in total. The minimum Gasteiger partial charge on any atom is -0.462 e. The predicted molar refractivity (Wildman–Crippen MR) is 251 cm³/mol. The Labute approximate surface area is 402 Å². The first-order valence-corrected chi connectivity index (χ1v) is 27.7. The summed E-state index contributed by atoms with van der Waals surface area (Å²) in [6.07, 6.45) is 5.64. The van der Waals surface area contributed by atoms with E-state index < -0.39 is 120 Å². The summed E-state index contributed by atoms with van der Waals surface area (Å²) in [5.41, 5.74) is 0. The third-order valence-electron chi connectivity index (χ3n) is 12.1. The number of phosphoric ester groups is 2. The maximum Gasteiger partial charge on any atom is 0.472 e. The Balaban J connectivity index is 2.30. The minimum atomic E-state index is -5.79. The lowest BCUT2D eigenvalue weighted by molar-refractivity contribution is -0.165. The van der Waals surface area contributed by atoms with Crippen LogP contribution in [-0.2, 0) is 46.6 Å². The van der Waals surface area contributed by atoms with Crippen molar-refractivity contribution in [3.63, 3.8) is 0 Å². The number of allylic oxidation sites excluding steroid dienone is 4. The predicted octanol–water partition coefficient (Wildman–Crippen LogP) is 6.10. The second-order valence-electron chi connectivity index (χ2n) is 18.0. The van der Waals surface area contributed by atoms with E-state index in [1.807, 2.05) is 6.92 Å². The lowest BCUT2D eigenvalue weighted by atomic mass is 9.83. The molecule has 0 saturated heterocycles. The minimum absolute atomic E-state index is 0.0407. The summed E-state index contributed by atoms with van der Waals surface area (Å²) in [7, 11) is -11.5. The van der Waals surface area contributed by atoms with Gasteiger partial charge in [-0.25, -0.2) is 9.13 Å². The Hall–Kier alpha value is -2.19. The van der Waals surface area contributed by atoms with Crippen molar-refractivity contribution < 1.29 is 91.9 Å². The van der Waals surface area contributed by atoms with Gasteiger partial charge in [0.1, 0.15) is 36.8 Å². The molecule has 1 unspecified atom stereocenters. The van der Waals surface area contributed by atoms with E-state index in [0.29, 0.717) is 12.8 Å². The number of Topliss-reactive ketones (excluding diaryl/α,β-unsaturated/α-hetero) is 1. The smallest absolute Gasteiger partial charge is 0.462 e. The number of ketones is 1. The van der Waals surface area contributed by atoms with Crippen LogP contribution in [0.15, 0.2) is 36.5 Å². The van der Waals surface area contributed by atoms with Crippen molar-refractivity contribution in [2.45, 2.75) is 216 Å². The van der Waals surface area contributed by atoms with Gasteiger partial charge < -0.3 is 54.8 Å². The highest BCUT2D eigenvalue weighted by atomic mass is 31.2. The standard InChI is InChI=1S/C47H82O19P2/c1-3-5-7-8-9-10-11-12-13-14-15-16-17-18-23-27-40(51)62-32-35-33-63-68(60,61)66-47-45(56)44(55)42(53)36(26-22-19-20-24-28-41(52)64-35)38(49)31-39(50)37(30-29-34(48)25-21-6-4-2)43(54)46(47)65-67(57,58)59/h12-13,19,22,29-30,34-38,42-49,53-56H,3-11,14-18,20-21,23-28,31-33H2,1-2H3,(H,60,61)(H2,57,58,59)/b13-12-,22-19-,30-29+/t34-,35+,36-,37-,38-,42+,43+,44-,45+,46+,47-/m0/s1. The fourth-order valence-corrected chi connectivity index (χ4v) is 9.61. The van der Waals surface area contributed by atoms with Gasteiger partial charge in [0.25, 0.3) is 0 Å². The number of hydrogen-bond acceptors (Lipinski definition) is 16. The molecular formula is C47H82O19P2. The van der Waals surface area contributed by atoms with Crippen LogP contribution in [0.2, 0.25) is 0 Å². The molecule has 0 amide bonds. The zero-order valence-electron chi connectivity index (χ0n) is 40.0. The molecule has 21 heteroatoms. The van der Waals surface area contributed by atoms with E-state index in [1.54, 1.807) is 6.08 Å². The first-order chi connectivity index (χ1) is 32.3. The normalized spacial score (nSPS) is 30.8. The lowest BCUT2D eigenvalue weighted by Gasteiger charge is -2.38. The number of phosphoric acid groups is 2. The van der Waals surface area contributed by atoms with Crippen LogP contribution in [-0.4, -0.2) is 131 Å². The molecule has 0 aromatic carbocycles. The average molecular weight is 1010 g/mol. The fourth-order valence-electron chi connectivity index (χ4n) is 8.08. The summed E-state index contributed by atoms with van der Waals surface area (Å²) in [5.74, 6) is -5.79. The Morgan fingerprint density at radius 1 is 0.853 bits per heavy atom. The van der Waals surface area contributed by atoms with E-state index in [9.17, 15) is 68.8 Å². The van der Waals surface area contributed by atoms with Crippen molar-refractivity contribution in [3.8, 4) is 0 Å². The van der Waals surface area contributed by atoms with Gasteiger partial charge in [-0.3, -0.25) is 28.0 Å². The van der Waals surface area contributed by atoms with E-state index in [1.165, 1.54) is 44.6 Å². The number of hydrogen-bond donors (Lipinski definition) is 9. The van der Waals surface area contributed by atoms with Crippen LogP contribution in [0, 0.1) is 11.8 Å². The van der Waals surface area contributed by atoms with Gasteiger partial charge in [-0.1, -0.05) is 121 Å². The monoisotopic (exact) mass is 1010 g/mol. The number of carbonyl (C=O) groups is 3. The zero-order chi connectivity index (χ0) is 50.5. The topological polar surface area (TPSA) is 314 Å². The first-order valence-electron chi connectivity index (χ1n) is 24.6. The number of fused-ring (bicyclic) bond motifs is 4. The van der Waals surface area contributed by atoms with E-state index in [0.717, 1.165) is 63.5 Å². The highest BCUT2D eigenvalue weighted by Gasteiger charge is 2.51. The van der Waals surface area contributed by atoms with Crippen molar-refractivity contribution in [1.29, 1.82) is 0 Å². The first kappa shape index (κ1) is 61.9. The summed E-state index contributed by atoms with van der Waals surface area (Å²) in [6.45, 7) is 2.53. The van der Waals surface area contributed by atoms with E-state index in [-0.39, 0.29) is 38.5 Å². The van der Waals surface area contributed by atoms with Crippen LogP contribution in [0.25, 0.3) is 0 Å². The number of ether oxygens (including phenoxy) is 2. The highest BCUT2D eigenvalue weighted by molar-refractivity contribution is 7.47. The summed E-state index contributed by atoms with van der Waals surface area (Å²) >= 11 is 0. The summed E-state index contributed by atoms with van der Waals surface area (Å²) < 4.78 is 52.0. The maximum atomic E-state index is 13.9. The van der Waals surface area contributed by atoms with Gasteiger partial charge >= 0.3 is 27.6 Å². The van der Waals surface area contributed by atoms with Gasteiger partial charge in [0, 0.05) is 25.2 Å². The molecule has 394 valence electrons. The van der Waals surface area contributed by atoms with Crippen molar-refractivity contribution in [2.24, 2.45) is 11.8 Å². The third kappa shape index (κ3) is 25.8. The Morgan fingerprint density at radius 2 is 1.47 bits per heavy atom. The van der Waals surface area contributed by atoms with Crippen LogP contribution in [0.3, 0.4) is 0 Å². The largest absolute Gasteiger partial charge is 0.472 e. The number of aliphatic hydroxyl groups is 6. The molecule has 1 aliphatic heterocycles. The molecule has 9 N–H and O–H groups in total. The van der Waals surface area contributed by atoms with Crippen LogP contribution in [0.4, 0.5) is 0 Å². The highest BCUT2D eigenvalue weighted by Crippen LogP contribution is 2.49. The molecule has 1 saturated carbocycles. The molecule has 68 heavy (non-hydrogen) atoms. The van der Waals surface area contributed by atoms with Gasteiger partial charge in [0.2, 0.25) is 0 Å². The van der Waals surface area contributed by atoms with E-state index >= 15 is 0 Å². The fraction of sp³-hybridized carbons (Fsp3) is 0.809. The van der Waals surface area contributed by atoms with Gasteiger partial charge in [-0.2, -0.15) is 0 Å². The SMILES string of the molecule is CCCCCCCC/C=C\CCCCCCCC(=O)OC[C@@H]1COP(=O)(O)O[C@H]2[C@H](O)[C@@H](O)[C@H](O)[C@@H](C/C=C\CCCC(=O)O1)[C@@H](O)CC(=O)[C@H](/C=C/[C@@H](O)CCCCC)[C@@H](O)[C@H]2OP(=O)(O)O. The molecule has 0 aromatic heterocycles. The number of carbonyl (C=O) groups excluding carboxylic acids is 3. The molecule has 12 atom stereocenters. The van der Waals surface area contributed by atoms with E-state index in [2.05, 4.69) is 19.1 Å². The van der Waals surface area contributed by atoms with Crippen molar-refractivity contribution >= 4 is 33.4 Å². The Bertz CT molecular complexity index is 1620. The number of cyclic esters (lactones) is 1. The third-order valence-corrected chi connectivity index (χ3v) is 13.6. The molecule has 1 heterocycles. The molecular weight excluding hydrogens is 930 g/mol. The van der Waals surface area contributed by atoms with Gasteiger partial charge in [0.05, 0.1) is 36.9 Å². The molecule has 1 fully saturated rings. The molecule has 2 bridgehead atoms. The van der Waals surface area contributed by atoms with E-state index in [4.69, 9.17) is 23.0 Å². The number of esters is 2. The summed E-state index contributed by atoms with van der Waals surface area (Å²) in [6, 6.07) is 0. The number of aliphatic hydroxyl groups excluding tert-OH is 6. The number of unbranched alkanes of at least 4 members (excludes halogenated alkanes) is 13. The lowest BCUT2D eigenvalue weighted by Crippen LogP contribution is -2.56. The summed E-state index contributed by atoms with van der Waals surface area (Å²) in [4.78, 5) is 70.5. The maximum absolute atomic E-state index is 13.9.